The highest BCUT2D eigenvalue weighted by Gasteiger charge is 2.23. The minimum atomic E-state index is 0.110. The van der Waals surface area contributed by atoms with Gasteiger partial charge in [-0.15, -0.1) is 0 Å². The van der Waals surface area contributed by atoms with Gasteiger partial charge in [0.1, 0.15) is 15.3 Å². The van der Waals surface area contributed by atoms with Crippen LogP contribution in [0, 0.1) is 0 Å². The van der Waals surface area contributed by atoms with E-state index in [1.54, 1.807) is 6.07 Å². The van der Waals surface area contributed by atoms with E-state index in [0.717, 1.165) is 5.19 Å². The number of carbonyl (C=O) groups is 1. The summed E-state index contributed by atoms with van der Waals surface area (Å²) in [6.45, 7) is 0. The highest BCUT2D eigenvalue weighted by molar-refractivity contribution is 6.88. The van der Waals surface area contributed by atoms with Crippen LogP contribution in [0.2, 0.25) is 0 Å². The van der Waals surface area contributed by atoms with Gasteiger partial charge >= 0.3 is 0 Å². The van der Waals surface area contributed by atoms with E-state index in [0.29, 0.717) is 21.4 Å². The van der Waals surface area contributed by atoms with Crippen LogP contribution in [0.1, 0.15) is 10.4 Å². The average molecular weight is 148 g/mol. The summed E-state index contributed by atoms with van der Waals surface area (Å²) >= 11 is 0. The summed E-state index contributed by atoms with van der Waals surface area (Å²) < 4.78 is 0. The monoisotopic (exact) mass is 148 g/mol. The fourth-order valence-corrected chi connectivity index (χ4v) is 1.85. The fourth-order valence-electron chi connectivity index (χ4n) is 0.940. The first kappa shape index (κ1) is 5.67. The van der Waals surface area contributed by atoms with Crippen LogP contribution in [0.5, 0.6) is 5.75 Å². The quantitative estimate of drug-likeness (QED) is 0.423. The second-order valence-electron chi connectivity index (χ2n) is 2.16. The molecule has 2 rings (SSSR count). The standard InChI is InChI=1S/C7H4O2Si/c8-3-4-5(9)1-2-6-7(4)10-6/h1-3,9H. The smallest absolute Gasteiger partial charge is 0.153 e. The molecule has 0 saturated carbocycles. The first-order valence-electron chi connectivity index (χ1n) is 2.91. The number of aromatic hydroxyl groups is 1. The summed E-state index contributed by atoms with van der Waals surface area (Å²) in [5, 5.41) is 11.3. The lowest BCUT2D eigenvalue weighted by molar-refractivity contribution is 0.112. The molecule has 0 atom stereocenters. The maximum absolute atomic E-state index is 10.3. The Kier molecular flexibility index (Phi) is 0.963. The number of hydrogen-bond acceptors (Lipinski definition) is 2. The molecular formula is C7H4O2Si. The van der Waals surface area contributed by atoms with E-state index in [1.807, 2.05) is 6.07 Å². The Morgan fingerprint density at radius 1 is 1.50 bits per heavy atom. The third-order valence-electron chi connectivity index (χ3n) is 1.54. The van der Waals surface area contributed by atoms with Gasteiger partial charge in [-0.25, -0.2) is 0 Å². The minimum Gasteiger partial charge on any atom is -0.507 e. The molecule has 0 unspecified atom stereocenters. The van der Waals surface area contributed by atoms with Crippen molar-refractivity contribution in [2.75, 3.05) is 0 Å². The van der Waals surface area contributed by atoms with E-state index in [4.69, 9.17) is 5.11 Å². The van der Waals surface area contributed by atoms with Crippen molar-refractivity contribution in [1.82, 2.24) is 0 Å². The molecule has 3 heteroatoms. The van der Waals surface area contributed by atoms with Crippen LogP contribution in [0.3, 0.4) is 0 Å². The van der Waals surface area contributed by atoms with Crippen molar-refractivity contribution in [3.8, 4) is 5.75 Å². The highest BCUT2D eigenvalue weighted by atomic mass is 28.2. The molecule has 0 spiro atoms. The molecule has 1 N–H and O–H groups in total. The van der Waals surface area contributed by atoms with Crippen LogP contribution in [-0.4, -0.2) is 20.9 Å². The third kappa shape index (κ3) is 0.608. The summed E-state index contributed by atoms with van der Waals surface area (Å²) in [5.41, 5.74) is 0.482. The molecule has 1 heterocycles. The third-order valence-corrected chi connectivity index (χ3v) is 2.76. The van der Waals surface area contributed by atoms with Gasteiger partial charge in [0.15, 0.2) is 6.29 Å². The summed E-state index contributed by atoms with van der Waals surface area (Å²) in [6.07, 6.45) is 0.716. The van der Waals surface area contributed by atoms with Crippen molar-refractivity contribution < 1.29 is 9.90 Å². The minimum absolute atomic E-state index is 0.110. The lowest BCUT2D eigenvalue weighted by atomic mass is 10.2. The van der Waals surface area contributed by atoms with E-state index in [-0.39, 0.29) is 5.75 Å². The molecule has 0 aromatic heterocycles. The summed E-state index contributed by atoms with van der Waals surface area (Å²) in [7, 11) is 0.649. The van der Waals surface area contributed by atoms with E-state index in [9.17, 15) is 4.79 Å². The van der Waals surface area contributed by atoms with Gasteiger partial charge in [0.05, 0.1) is 5.56 Å². The van der Waals surface area contributed by atoms with Crippen LogP contribution in [0.25, 0.3) is 0 Å². The highest BCUT2D eigenvalue weighted by Crippen LogP contribution is 2.13. The van der Waals surface area contributed by atoms with Gasteiger partial charge in [-0.05, 0) is 11.3 Å². The Bertz CT molecular complexity index is 303. The van der Waals surface area contributed by atoms with Crippen LogP contribution < -0.4 is 10.4 Å². The van der Waals surface area contributed by atoms with Gasteiger partial charge in [0.2, 0.25) is 0 Å². The Morgan fingerprint density at radius 3 is 2.90 bits per heavy atom. The van der Waals surface area contributed by atoms with Gasteiger partial charge in [-0.3, -0.25) is 4.79 Å². The molecule has 2 nitrogen and oxygen atoms in total. The first-order chi connectivity index (χ1) is 4.83. The van der Waals surface area contributed by atoms with Gasteiger partial charge in [0.25, 0.3) is 0 Å². The Balaban J connectivity index is 2.67. The number of hydrogen-bond donors (Lipinski definition) is 1. The average Bonchev–Trinajstić information content (AvgIpc) is 2.66. The maximum Gasteiger partial charge on any atom is 0.153 e. The number of aldehydes is 1. The summed E-state index contributed by atoms with van der Waals surface area (Å²) in [4.78, 5) is 10.3. The lowest BCUT2D eigenvalue weighted by Crippen LogP contribution is -1.98. The van der Waals surface area contributed by atoms with Crippen LogP contribution >= 0.6 is 0 Å². The molecule has 1 aliphatic heterocycles. The van der Waals surface area contributed by atoms with Gasteiger partial charge in [-0.2, -0.15) is 0 Å². The molecule has 0 bridgehead atoms. The van der Waals surface area contributed by atoms with Crippen molar-refractivity contribution in [2.45, 2.75) is 0 Å². The molecule has 1 aliphatic rings. The normalized spacial score (nSPS) is 12.4. The molecule has 2 radical (unpaired) electrons. The van der Waals surface area contributed by atoms with E-state index < -0.39 is 0 Å². The van der Waals surface area contributed by atoms with E-state index >= 15 is 0 Å². The Labute approximate surface area is 60.3 Å². The van der Waals surface area contributed by atoms with E-state index in [2.05, 4.69) is 0 Å². The first-order valence-corrected chi connectivity index (χ1v) is 3.91. The predicted octanol–water partition coefficient (Wildman–Crippen LogP) is -0.827. The van der Waals surface area contributed by atoms with Crippen molar-refractivity contribution in [3.63, 3.8) is 0 Å². The molecule has 0 aliphatic carbocycles. The van der Waals surface area contributed by atoms with Crippen molar-refractivity contribution in [1.29, 1.82) is 0 Å². The van der Waals surface area contributed by atoms with Crippen LogP contribution in [0.4, 0.5) is 0 Å². The zero-order valence-corrected chi connectivity index (χ0v) is 6.09. The molecule has 48 valence electrons. The van der Waals surface area contributed by atoms with Crippen molar-refractivity contribution >= 4 is 26.2 Å². The molecule has 0 fully saturated rings. The van der Waals surface area contributed by atoms with Crippen molar-refractivity contribution in [3.05, 3.63) is 17.7 Å². The molecular weight excluding hydrogens is 144 g/mol. The predicted molar refractivity (Wildman–Crippen MR) is 38.5 cm³/mol. The number of benzene rings is 1. The van der Waals surface area contributed by atoms with E-state index in [1.165, 1.54) is 5.19 Å². The molecule has 0 amide bonds. The zero-order valence-electron chi connectivity index (χ0n) is 5.09. The zero-order chi connectivity index (χ0) is 7.14. The fraction of sp³-hybridized carbons (Fsp3) is 0. The van der Waals surface area contributed by atoms with Crippen LogP contribution in [-0.2, 0) is 0 Å². The Hall–Kier alpha value is -1.09. The number of phenolic OH excluding ortho intramolecular Hbond substituents is 1. The lowest BCUT2D eigenvalue weighted by Gasteiger charge is -1.91. The van der Waals surface area contributed by atoms with Gasteiger partial charge in [-0.1, -0.05) is 11.3 Å². The molecule has 10 heavy (non-hydrogen) atoms. The number of phenols is 1. The topological polar surface area (TPSA) is 37.3 Å². The molecule has 1 aromatic carbocycles. The summed E-state index contributed by atoms with van der Waals surface area (Å²) in [6, 6.07) is 3.43. The summed E-state index contributed by atoms with van der Waals surface area (Å²) in [5.74, 6) is 0.110. The molecule has 1 aromatic rings. The number of carbonyl (C=O) groups excluding carboxylic acids is 1. The maximum atomic E-state index is 10.3. The van der Waals surface area contributed by atoms with Gasteiger partial charge < -0.3 is 5.11 Å². The number of rotatable bonds is 1. The number of fused-ring (bicyclic) bond motifs is 1. The van der Waals surface area contributed by atoms with Crippen molar-refractivity contribution in [2.24, 2.45) is 0 Å². The largest absolute Gasteiger partial charge is 0.507 e. The second-order valence-corrected chi connectivity index (χ2v) is 3.45. The second kappa shape index (κ2) is 1.70. The SMILES string of the molecule is O=Cc1c(O)ccc2c1[Si]2. The Morgan fingerprint density at radius 2 is 2.30 bits per heavy atom. The van der Waals surface area contributed by atoms with Crippen LogP contribution in [0.15, 0.2) is 12.1 Å². The van der Waals surface area contributed by atoms with Gasteiger partial charge in [0, 0.05) is 0 Å². The molecule has 0 saturated heterocycles.